The summed E-state index contributed by atoms with van der Waals surface area (Å²) in [5.74, 6) is 0.0974. The molecule has 6 heteroatoms. The molecule has 1 aliphatic carbocycles. The quantitative estimate of drug-likeness (QED) is 0.811. The summed E-state index contributed by atoms with van der Waals surface area (Å²) in [7, 11) is 1.99. The van der Waals surface area contributed by atoms with Crippen molar-refractivity contribution in [3.8, 4) is 0 Å². The zero-order valence-corrected chi connectivity index (χ0v) is 13.0. The number of carbonyl (C=O) groups is 1. The van der Waals surface area contributed by atoms with E-state index in [-0.39, 0.29) is 24.0 Å². The molecule has 1 saturated carbocycles. The number of benzene rings is 1. The van der Waals surface area contributed by atoms with Crippen LogP contribution in [0.3, 0.4) is 0 Å². The van der Waals surface area contributed by atoms with Crippen molar-refractivity contribution < 1.29 is 9.18 Å². The minimum Gasteiger partial charge on any atom is -0.329 e. The molecule has 1 aromatic rings. The van der Waals surface area contributed by atoms with Crippen LogP contribution in [0.1, 0.15) is 19.3 Å². The number of anilines is 1. The molecule has 0 saturated heterocycles. The summed E-state index contributed by atoms with van der Waals surface area (Å²) in [6.45, 7) is 1.26. The number of nitrogens with one attached hydrogen (secondary N) is 1. The fourth-order valence-electron chi connectivity index (χ4n) is 2.43. The number of nitrogens with two attached hydrogens (primary N) is 1. The fourth-order valence-corrected chi connectivity index (χ4v) is 2.43. The van der Waals surface area contributed by atoms with Crippen LogP contribution in [0.25, 0.3) is 0 Å². The summed E-state index contributed by atoms with van der Waals surface area (Å²) in [5.41, 5.74) is 6.01. The molecule has 118 valence electrons. The lowest BCUT2D eigenvalue weighted by atomic mass is 10.1. The maximum absolute atomic E-state index is 13.4. The van der Waals surface area contributed by atoms with Crippen molar-refractivity contribution in [1.29, 1.82) is 0 Å². The van der Waals surface area contributed by atoms with Gasteiger partial charge in [0, 0.05) is 25.6 Å². The average Bonchev–Trinajstić information content (AvgIpc) is 3.25. The number of hydrogen-bond acceptors (Lipinski definition) is 3. The first-order chi connectivity index (χ1) is 9.61. The van der Waals surface area contributed by atoms with Crippen LogP contribution in [0.15, 0.2) is 24.3 Å². The molecule has 0 spiro atoms. The highest BCUT2D eigenvalue weighted by atomic mass is 35.5. The van der Waals surface area contributed by atoms with Crippen LogP contribution in [0.2, 0.25) is 0 Å². The van der Waals surface area contributed by atoms with Crippen LogP contribution in [-0.2, 0) is 4.79 Å². The number of para-hydroxylation sites is 1. The molecule has 1 atom stereocenters. The Bertz CT molecular complexity index is 468. The highest BCUT2D eigenvalue weighted by Gasteiger charge is 2.32. The SMILES string of the molecule is CN(CCC(=O)Nc1ccccc1F)C(CN)C1CC1.Cl. The number of amides is 1. The molecule has 0 heterocycles. The van der Waals surface area contributed by atoms with Gasteiger partial charge in [-0.1, -0.05) is 12.1 Å². The third-order valence-corrected chi connectivity index (χ3v) is 3.81. The zero-order chi connectivity index (χ0) is 14.5. The van der Waals surface area contributed by atoms with Crippen molar-refractivity contribution in [3.05, 3.63) is 30.1 Å². The minimum absolute atomic E-state index is 0. The van der Waals surface area contributed by atoms with Gasteiger partial charge in [0.1, 0.15) is 5.82 Å². The summed E-state index contributed by atoms with van der Waals surface area (Å²) >= 11 is 0. The Morgan fingerprint density at radius 1 is 1.48 bits per heavy atom. The normalized spacial score (nSPS) is 15.4. The second-order valence-corrected chi connectivity index (χ2v) is 5.40. The van der Waals surface area contributed by atoms with Gasteiger partial charge in [0.25, 0.3) is 0 Å². The molecular formula is C15H23ClFN3O. The topological polar surface area (TPSA) is 58.4 Å². The van der Waals surface area contributed by atoms with Crippen LogP contribution in [0.5, 0.6) is 0 Å². The fraction of sp³-hybridized carbons (Fsp3) is 0.533. The molecule has 0 aromatic heterocycles. The van der Waals surface area contributed by atoms with E-state index in [4.69, 9.17) is 5.73 Å². The smallest absolute Gasteiger partial charge is 0.225 e. The Morgan fingerprint density at radius 2 is 2.14 bits per heavy atom. The van der Waals surface area contributed by atoms with E-state index in [0.29, 0.717) is 31.5 Å². The monoisotopic (exact) mass is 315 g/mol. The van der Waals surface area contributed by atoms with Gasteiger partial charge in [0.15, 0.2) is 0 Å². The van der Waals surface area contributed by atoms with Gasteiger partial charge >= 0.3 is 0 Å². The lowest BCUT2D eigenvalue weighted by Gasteiger charge is -2.26. The van der Waals surface area contributed by atoms with E-state index in [9.17, 15) is 9.18 Å². The molecule has 3 N–H and O–H groups in total. The predicted molar refractivity (Wildman–Crippen MR) is 85.1 cm³/mol. The molecule has 1 unspecified atom stereocenters. The van der Waals surface area contributed by atoms with E-state index in [1.54, 1.807) is 18.2 Å². The standard InChI is InChI=1S/C15H22FN3O.ClH/c1-19(14(10-17)11-6-7-11)9-8-15(20)18-13-5-3-2-4-12(13)16;/h2-5,11,14H,6-10,17H2,1H3,(H,18,20);1H. The Kier molecular flexibility index (Phi) is 7.08. The highest BCUT2D eigenvalue weighted by Crippen LogP contribution is 2.34. The molecule has 21 heavy (non-hydrogen) atoms. The van der Waals surface area contributed by atoms with Gasteiger partial charge in [0.2, 0.25) is 5.91 Å². The molecule has 0 aliphatic heterocycles. The summed E-state index contributed by atoms with van der Waals surface area (Å²) < 4.78 is 13.4. The third kappa shape index (κ3) is 5.26. The van der Waals surface area contributed by atoms with Gasteiger partial charge in [-0.3, -0.25) is 4.79 Å². The molecular weight excluding hydrogens is 293 g/mol. The zero-order valence-electron chi connectivity index (χ0n) is 12.2. The summed E-state index contributed by atoms with van der Waals surface area (Å²) in [6.07, 6.45) is 2.80. The van der Waals surface area contributed by atoms with Crippen molar-refractivity contribution in [2.45, 2.75) is 25.3 Å². The van der Waals surface area contributed by atoms with Crippen molar-refractivity contribution in [2.75, 3.05) is 25.5 Å². The van der Waals surface area contributed by atoms with E-state index in [1.807, 2.05) is 7.05 Å². The first kappa shape index (κ1) is 17.9. The molecule has 1 amide bonds. The van der Waals surface area contributed by atoms with Crippen molar-refractivity contribution in [3.63, 3.8) is 0 Å². The predicted octanol–water partition coefficient (Wildman–Crippen LogP) is 2.25. The lowest BCUT2D eigenvalue weighted by molar-refractivity contribution is -0.116. The second kappa shape index (κ2) is 8.32. The maximum Gasteiger partial charge on any atom is 0.225 e. The number of likely N-dealkylation sites (N-methyl/N-ethyl adjacent to an activating group) is 1. The Morgan fingerprint density at radius 3 is 2.71 bits per heavy atom. The Hall–Kier alpha value is -1.17. The van der Waals surface area contributed by atoms with Gasteiger partial charge in [-0.2, -0.15) is 0 Å². The largest absolute Gasteiger partial charge is 0.329 e. The van der Waals surface area contributed by atoms with Crippen LogP contribution in [-0.4, -0.2) is 37.0 Å². The summed E-state index contributed by atoms with van der Waals surface area (Å²) in [6, 6.07) is 6.54. The van der Waals surface area contributed by atoms with Crippen molar-refractivity contribution in [2.24, 2.45) is 11.7 Å². The van der Waals surface area contributed by atoms with E-state index in [1.165, 1.54) is 18.9 Å². The van der Waals surface area contributed by atoms with E-state index in [0.717, 1.165) is 0 Å². The molecule has 1 aromatic carbocycles. The average molecular weight is 316 g/mol. The number of halogens is 2. The van der Waals surface area contributed by atoms with Gasteiger partial charge in [-0.25, -0.2) is 4.39 Å². The Labute approximate surface area is 131 Å². The van der Waals surface area contributed by atoms with Crippen LogP contribution < -0.4 is 11.1 Å². The molecule has 0 radical (unpaired) electrons. The second-order valence-electron chi connectivity index (χ2n) is 5.40. The molecule has 4 nitrogen and oxygen atoms in total. The maximum atomic E-state index is 13.4. The number of carbonyl (C=O) groups excluding carboxylic acids is 1. The molecule has 1 aliphatic rings. The number of rotatable bonds is 7. The first-order valence-electron chi connectivity index (χ1n) is 7.06. The summed E-state index contributed by atoms with van der Waals surface area (Å²) in [4.78, 5) is 14.0. The number of hydrogen-bond donors (Lipinski definition) is 2. The van der Waals surface area contributed by atoms with Crippen molar-refractivity contribution >= 4 is 24.0 Å². The van der Waals surface area contributed by atoms with Gasteiger partial charge < -0.3 is 16.0 Å². The summed E-state index contributed by atoms with van der Waals surface area (Å²) in [5, 5.41) is 2.60. The van der Waals surface area contributed by atoms with Crippen LogP contribution >= 0.6 is 12.4 Å². The Balaban J connectivity index is 0.00000220. The molecule has 1 fully saturated rings. The first-order valence-corrected chi connectivity index (χ1v) is 7.06. The lowest BCUT2D eigenvalue weighted by Crippen LogP contribution is -2.40. The molecule has 0 bridgehead atoms. The van der Waals surface area contributed by atoms with E-state index < -0.39 is 5.82 Å². The van der Waals surface area contributed by atoms with Crippen molar-refractivity contribution in [1.82, 2.24) is 4.90 Å². The van der Waals surface area contributed by atoms with Gasteiger partial charge in [-0.15, -0.1) is 12.4 Å². The van der Waals surface area contributed by atoms with E-state index >= 15 is 0 Å². The van der Waals surface area contributed by atoms with Gasteiger partial charge in [-0.05, 0) is 37.9 Å². The highest BCUT2D eigenvalue weighted by molar-refractivity contribution is 5.90. The third-order valence-electron chi connectivity index (χ3n) is 3.81. The van der Waals surface area contributed by atoms with Crippen LogP contribution in [0, 0.1) is 11.7 Å². The molecule has 2 rings (SSSR count). The van der Waals surface area contributed by atoms with Gasteiger partial charge in [0.05, 0.1) is 5.69 Å². The van der Waals surface area contributed by atoms with Crippen LogP contribution in [0.4, 0.5) is 10.1 Å². The van der Waals surface area contributed by atoms with E-state index in [2.05, 4.69) is 10.2 Å². The minimum atomic E-state index is -0.410. The number of nitrogens with zero attached hydrogens (tertiary/aromatic N) is 1.